The Hall–Kier alpha value is -2.40. The van der Waals surface area contributed by atoms with E-state index in [0.717, 1.165) is 35.7 Å². The molecule has 1 aromatic carbocycles. The van der Waals surface area contributed by atoms with E-state index in [1.165, 1.54) is 4.88 Å². The quantitative estimate of drug-likeness (QED) is 0.591. The second-order valence-corrected chi connectivity index (χ2v) is 7.63. The van der Waals surface area contributed by atoms with Gasteiger partial charge in [0.05, 0.1) is 0 Å². The lowest BCUT2D eigenvalue weighted by Crippen LogP contribution is -2.27. The van der Waals surface area contributed by atoms with Crippen molar-refractivity contribution in [3.8, 4) is 0 Å². The summed E-state index contributed by atoms with van der Waals surface area (Å²) >= 11 is 1.76. The molecule has 4 nitrogen and oxygen atoms in total. The van der Waals surface area contributed by atoms with Crippen molar-refractivity contribution in [2.45, 2.75) is 39.0 Å². The van der Waals surface area contributed by atoms with Crippen LogP contribution in [-0.2, 0) is 17.6 Å². The van der Waals surface area contributed by atoms with Gasteiger partial charge in [-0.25, -0.2) is 0 Å². The lowest BCUT2D eigenvalue weighted by molar-refractivity contribution is -0.121. The molecule has 1 amide bonds. The highest BCUT2D eigenvalue weighted by Gasteiger charge is 2.05. The number of aromatic nitrogens is 1. The lowest BCUT2D eigenvalue weighted by Gasteiger charge is -2.06. The first-order valence-corrected chi connectivity index (χ1v) is 9.91. The van der Waals surface area contributed by atoms with Crippen molar-refractivity contribution in [1.29, 1.82) is 0 Å². The third-order valence-corrected chi connectivity index (χ3v) is 5.39. The highest BCUT2D eigenvalue weighted by atomic mass is 32.1. The van der Waals surface area contributed by atoms with Gasteiger partial charge < -0.3 is 10.3 Å². The Bertz CT molecular complexity index is 929. The summed E-state index contributed by atoms with van der Waals surface area (Å²) in [4.78, 5) is 28.4. The molecule has 26 heavy (non-hydrogen) atoms. The minimum atomic E-state index is -0.0757. The topological polar surface area (TPSA) is 62.0 Å². The molecule has 0 fully saturated rings. The van der Waals surface area contributed by atoms with E-state index < -0.39 is 0 Å². The van der Waals surface area contributed by atoms with E-state index in [2.05, 4.69) is 27.8 Å². The molecule has 2 heterocycles. The van der Waals surface area contributed by atoms with E-state index >= 15 is 0 Å². The zero-order chi connectivity index (χ0) is 18.4. The van der Waals surface area contributed by atoms with Gasteiger partial charge in [0, 0.05) is 28.9 Å². The molecule has 0 bridgehead atoms. The molecule has 0 radical (unpaired) electrons. The molecule has 0 aliphatic rings. The number of amides is 1. The van der Waals surface area contributed by atoms with Crippen LogP contribution in [0, 0.1) is 6.92 Å². The summed E-state index contributed by atoms with van der Waals surface area (Å²) in [7, 11) is 0. The molecule has 136 valence electrons. The highest BCUT2D eigenvalue weighted by Crippen LogP contribution is 2.14. The molecule has 3 aromatic rings. The van der Waals surface area contributed by atoms with E-state index in [4.69, 9.17) is 0 Å². The van der Waals surface area contributed by atoms with Crippen molar-refractivity contribution in [3.63, 3.8) is 0 Å². The molecule has 0 saturated carbocycles. The predicted octanol–water partition coefficient (Wildman–Crippen LogP) is 3.97. The van der Waals surface area contributed by atoms with Gasteiger partial charge in [-0.2, -0.15) is 0 Å². The SMILES string of the molecule is Cc1ccc2cc(CCNC(=O)CCCCc3cccs3)c(=O)[nH]c2c1. The normalized spacial score (nSPS) is 11.0. The molecule has 0 aliphatic heterocycles. The minimum absolute atomic E-state index is 0.0593. The maximum Gasteiger partial charge on any atom is 0.251 e. The Morgan fingerprint density at radius 1 is 1.15 bits per heavy atom. The van der Waals surface area contributed by atoms with Crippen molar-refractivity contribution in [3.05, 3.63) is 68.1 Å². The number of aromatic amines is 1. The monoisotopic (exact) mass is 368 g/mol. The first-order valence-electron chi connectivity index (χ1n) is 9.03. The number of thiophene rings is 1. The molecule has 0 spiro atoms. The van der Waals surface area contributed by atoms with Crippen LogP contribution in [0.4, 0.5) is 0 Å². The van der Waals surface area contributed by atoms with Gasteiger partial charge in [-0.3, -0.25) is 9.59 Å². The molecular formula is C21H24N2O2S. The van der Waals surface area contributed by atoms with E-state index in [1.54, 1.807) is 11.3 Å². The Morgan fingerprint density at radius 3 is 2.85 bits per heavy atom. The zero-order valence-corrected chi connectivity index (χ0v) is 15.8. The Balaban J connectivity index is 1.43. The number of hydrogen-bond donors (Lipinski definition) is 2. The number of rotatable bonds is 8. The number of fused-ring (bicyclic) bond motifs is 1. The molecule has 0 unspecified atom stereocenters. The molecule has 5 heteroatoms. The summed E-state index contributed by atoms with van der Waals surface area (Å²) in [6.45, 7) is 2.49. The van der Waals surface area contributed by atoms with Gasteiger partial charge in [-0.1, -0.05) is 18.2 Å². The molecule has 2 N–H and O–H groups in total. The van der Waals surface area contributed by atoms with Crippen LogP contribution in [0.3, 0.4) is 0 Å². The number of nitrogens with one attached hydrogen (secondary N) is 2. The second kappa shape index (κ2) is 8.81. The van der Waals surface area contributed by atoms with Gasteiger partial charge in [0.1, 0.15) is 0 Å². The van der Waals surface area contributed by atoms with Crippen molar-refractivity contribution in [2.24, 2.45) is 0 Å². The first kappa shape index (κ1) is 18.4. The fourth-order valence-corrected chi connectivity index (χ4v) is 3.76. The zero-order valence-electron chi connectivity index (χ0n) is 15.0. The molecule has 0 aliphatic carbocycles. The van der Waals surface area contributed by atoms with Crippen molar-refractivity contribution in [2.75, 3.05) is 6.54 Å². The van der Waals surface area contributed by atoms with E-state index in [1.807, 2.05) is 31.2 Å². The summed E-state index contributed by atoms with van der Waals surface area (Å²) in [5, 5.41) is 6.02. The van der Waals surface area contributed by atoms with Crippen LogP contribution >= 0.6 is 11.3 Å². The third-order valence-electron chi connectivity index (χ3n) is 4.45. The smallest absolute Gasteiger partial charge is 0.251 e. The number of hydrogen-bond acceptors (Lipinski definition) is 3. The molecule has 2 aromatic heterocycles. The number of unbranched alkanes of at least 4 members (excludes halogenated alkanes) is 1. The van der Waals surface area contributed by atoms with E-state index in [9.17, 15) is 9.59 Å². The number of benzene rings is 1. The molecular weight excluding hydrogens is 344 g/mol. The predicted molar refractivity (Wildman–Crippen MR) is 108 cm³/mol. The van der Waals surface area contributed by atoms with Crippen LogP contribution in [0.2, 0.25) is 0 Å². The maximum absolute atomic E-state index is 12.2. The van der Waals surface area contributed by atoms with Gasteiger partial charge in [-0.15, -0.1) is 11.3 Å². The van der Waals surface area contributed by atoms with Gasteiger partial charge >= 0.3 is 0 Å². The largest absolute Gasteiger partial charge is 0.356 e. The standard InChI is InChI=1S/C21H24N2O2S/c1-15-8-9-16-14-17(21(25)23-19(16)13-15)10-11-22-20(24)7-3-2-5-18-6-4-12-26-18/h4,6,8-9,12-14H,2-3,5,7,10-11H2,1H3,(H,22,24)(H,23,25). The Labute approximate surface area is 157 Å². The third kappa shape index (κ3) is 5.05. The van der Waals surface area contributed by atoms with Crippen LogP contribution in [0.15, 0.2) is 46.6 Å². The highest BCUT2D eigenvalue weighted by molar-refractivity contribution is 7.09. The van der Waals surface area contributed by atoms with E-state index in [-0.39, 0.29) is 11.5 Å². The first-order chi connectivity index (χ1) is 12.6. The second-order valence-electron chi connectivity index (χ2n) is 6.60. The summed E-state index contributed by atoms with van der Waals surface area (Å²) < 4.78 is 0. The van der Waals surface area contributed by atoms with Gasteiger partial charge in [0.2, 0.25) is 5.91 Å². The van der Waals surface area contributed by atoms with Gasteiger partial charge in [-0.05, 0) is 67.1 Å². The summed E-state index contributed by atoms with van der Waals surface area (Å²) in [5.74, 6) is 0.0593. The molecule has 3 rings (SSSR count). The summed E-state index contributed by atoms with van der Waals surface area (Å²) in [5.41, 5.74) is 2.61. The van der Waals surface area contributed by atoms with Crippen molar-refractivity contribution < 1.29 is 4.79 Å². The number of pyridine rings is 1. The van der Waals surface area contributed by atoms with Crippen molar-refractivity contribution >= 4 is 28.1 Å². The minimum Gasteiger partial charge on any atom is -0.356 e. The van der Waals surface area contributed by atoms with Crippen LogP contribution in [0.1, 0.15) is 35.3 Å². The average molecular weight is 369 g/mol. The fraction of sp³-hybridized carbons (Fsp3) is 0.333. The van der Waals surface area contributed by atoms with E-state index in [0.29, 0.717) is 24.9 Å². The fourth-order valence-electron chi connectivity index (χ4n) is 3.01. The Kier molecular flexibility index (Phi) is 6.23. The Morgan fingerprint density at radius 2 is 2.04 bits per heavy atom. The van der Waals surface area contributed by atoms with Gasteiger partial charge in [0.25, 0.3) is 5.56 Å². The molecule has 0 saturated heterocycles. The van der Waals surface area contributed by atoms with Gasteiger partial charge in [0.15, 0.2) is 0 Å². The number of carbonyl (C=O) groups excluding carboxylic acids is 1. The molecule has 0 atom stereocenters. The van der Waals surface area contributed by atoms with Crippen LogP contribution in [0.25, 0.3) is 10.9 Å². The van der Waals surface area contributed by atoms with Crippen LogP contribution in [0.5, 0.6) is 0 Å². The summed E-state index contributed by atoms with van der Waals surface area (Å²) in [6.07, 6.45) is 4.03. The average Bonchev–Trinajstić information content (AvgIpc) is 3.13. The van der Waals surface area contributed by atoms with Crippen LogP contribution < -0.4 is 10.9 Å². The van der Waals surface area contributed by atoms with Crippen LogP contribution in [-0.4, -0.2) is 17.4 Å². The van der Waals surface area contributed by atoms with Crippen molar-refractivity contribution in [1.82, 2.24) is 10.3 Å². The lowest BCUT2D eigenvalue weighted by atomic mass is 10.1. The maximum atomic E-state index is 12.2. The number of carbonyl (C=O) groups is 1. The number of aryl methyl sites for hydroxylation is 2. The number of H-pyrrole nitrogens is 1. The summed E-state index contributed by atoms with van der Waals surface area (Å²) in [6, 6.07) is 12.1.